The van der Waals surface area contributed by atoms with Gasteiger partial charge in [-0.25, -0.2) is 13.1 Å². The molecule has 1 aromatic rings. The van der Waals surface area contributed by atoms with Crippen LogP contribution in [-0.2, 0) is 21.2 Å². The van der Waals surface area contributed by atoms with Gasteiger partial charge in [0.15, 0.2) is 0 Å². The fraction of sp³-hybridized carbons (Fsp3) is 0.462. The fourth-order valence-electron chi connectivity index (χ4n) is 1.52. The van der Waals surface area contributed by atoms with Crippen molar-refractivity contribution in [2.45, 2.75) is 19.8 Å². The lowest BCUT2D eigenvalue weighted by atomic mass is 10.1. The summed E-state index contributed by atoms with van der Waals surface area (Å²) in [6.07, 6.45) is 0.741. The summed E-state index contributed by atoms with van der Waals surface area (Å²) >= 11 is 0. The maximum Gasteiger partial charge on any atom is 0.306 e. The van der Waals surface area contributed by atoms with Crippen LogP contribution in [0.15, 0.2) is 30.3 Å². The van der Waals surface area contributed by atoms with Crippen molar-refractivity contribution in [1.82, 2.24) is 4.72 Å². The van der Waals surface area contributed by atoms with Crippen LogP contribution in [0.4, 0.5) is 0 Å². The van der Waals surface area contributed by atoms with Crippen LogP contribution in [0.1, 0.15) is 18.9 Å². The van der Waals surface area contributed by atoms with E-state index in [2.05, 4.69) is 4.72 Å². The van der Waals surface area contributed by atoms with E-state index in [-0.39, 0.29) is 12.3 Å². The summed E-state index contributed by atoms with van der Waals surface area (Å²) in [7, 11) is -3.34. The average Bonchev–Trinajstić information content (AvgIpc) is 2.37. The van der Waals surface area contributed by atoms with E-state index in [4.69, 9.17) is 5.11 Å². The van der Waals surface area contributed by atoms with E-state index in [0.717, 1.165) is 5.56 Å². The van der Waals surface area contributed by atoms with Crippen molar-refractivity contribution in [2.75, 3.05) is 12.3 Å². The predicted molar refractivity (Wildman–Crippen MR) is 73.4 cm³/mol. The van der Waals surface area contributed by atoms with Gasteiger partial charge in [0.2, 0.25) is 10.0 Å². The number of hydrogen-bond acceptors (Lipinski definition) is 3. The van der Waals surface area contributed by atoms with Crippen molar-refractivity contribution < 1.29 is 18.3 Å². The van der Waals surface area contributed by atoms with E-state index in [1.165, 1.54) is 0 Å². The third-order valence-electron chi connectivity index (χ3n) is 2.82. The molecule has 1 unspecified atom stereocenters. The molecule has 0 amide bonds. The molecule has 0 aromatic heterocycles. The number of aryl methyl sites for hydroxylation is 1. The van der Waals surface area contributed by atoms with E-state index in [1.807, 2.05) is 30.3 Å². The highest BCUT2D eigenvalue weighted by Gasteiger charge is 2.14. The van der Waals surface area contributed by atoms with E-state index in [0.29, 0.717) is 12.8 Å². The van der Waals surface area contributed by atoms with Gasteiger partial charge in [-0.1, -0.05) is 37.3 Å². The molecule has 0 fully saturated rings. The number of aliphatic carboxylic acids is 1. The Kier molecular flexibility index (Phi) is 5.98. The third kappa shape index (κ3) is 6.35. The monoisotopic (exact) mass is 285 g/mol. The lowest BCUT2D eigenvalue weighted by molar-refractivity contribution is -0.141. The number of rotatable bonds is 8. The Labute approximate surface area is 113 Å². The maximum atomic E-state index is 11.7. The van der Waals surface area contributed by atoms with Crippen LogP contribution >= 0.6 is 0 Å². The highest BCUT2D eigenvalue weighted by atomic mass is 32.2. The van der Waals surface area contributed by atoms with Gasteiger partial charge < -0.3 is 5.11 Å². The Morgan fingerprint density at radius 2 is 1.95 bits per heavy atom. The molecule has 0 bridgehead atoms. The van der Waals surface area contributed by atoms with Gasteiger partial charge in [-0.05, 0) is 18.4 Å². The van der Waals surface area contributed by atoms with E-state index in [1.54, 1.807) is 6.92 Å². The summed E-state index contributed by atoms with van der Waals surface area (Å²) < 4.78 is 25.8. The number of carboxylic acid groups (broad SMARTS) is 1. The molecular weight excluding hydrogens is 266 g/mol. The fourth-order valence-corrected chi connectivity index (χ4v) is 2.60. The maximum absolute atomic E-state index is 11.7. The van der Waals surface area contributed by atoms with E-state index >= 15 is 0 Å². The molecule has 1 aromatic carbocycles. The summed E-state index contributed by atoms with van der Waals surface area (Å²) in [4.78, 5) is 10.6. The minimum absolute atomic E-state index is 0.0124. The molecule has 0 aliphatic carbocycles. The van der Waals surface area contributed by atoms with Crippen LogP contribution in [0.5, 0.6) is 0 Å². The van der Waals surface area contributed by atoms with Crippen molar-refractivity contribution >= 4 is 16.0 Å². The largest absolute Gasteiger partial charge is 0.481 e. The van der Waals surface area contributed by atoms with Gasteiger partial charge in [-0.15, -0.1) is 0 Å². The Hall–Kier alpha value is -1.40. The van der Waals surface area contributed by atoms with Crippen LogP contribution in [0.2, 0.25) is 0 Å². The number of nitrogens with one attached hydrogen (secondary N) is 1. The molecule has 0 heterocycles. The first-order valence-electron chi connectivity index (χ1n) is 6.15. The molecule has 0 aliphatic rings. The number of carbonyl (C=O) groups is 1. The molecule has 0 saturated heterocycles. The topological polar surface area (TPSA) is 83.5 Å². The molecule has 0 spiro atoms. The van der Waals surface area contributed by atoms with Crippen LogP contribution in [0, 0.1) is 5.92 Å². The predicted octanol–water partition coefficient (Wildman–Crippen LogP) is 1.26. The Morgan fingerprint density at radius 1 is 1.32 bits per heavy atom. The zero-order valence-corrected chi connectivity index (χ0v) is 11.7. The van der Waals surface area contributed by atoms with Gasteiger partial charge in [0.1, 0.15) is 0 Å². The van der Waals surface area contributed by atoms with Gasteiger partial charge >= 0.3 is 5.97 Å². The third-order valence-corrected chi connectivity index (χ3v) is 4.21. The lowest BCUT2D eigenvalue weighted by Gasteiger charge is -2.08. The van der Waals surface area contributed by atoms with Crippen LogP contribution in [-0.4, -0.2) is 31.8 Å². The van der Waals surface area contributed by atoms with Gasteiger partial charge in [-0.2, -0.15) is 0 Å². The first kappa shape index (κ1) is 15.7. The molecule has 0 aliphatic heterocycles. The van der Waals surface area contributed by atoms with E-state index in [9.17, 15) is 13.2 Å². The molecule has 1 rings (SSSR count). The lowest BCUT2D eigenvalue weighted by Crippen LogP contribution is -2.30. The number of hydrogen-bond donors (Lipinski definition) is 2. The summed E-state index contributed by atoms with van der Waals surface area (Å²) in [5.74, 6) is -1.45. The minimum Gasteiger partial charge on any atom is -0.481 e. The van der Waals surface area contributed by atoms with Gasteiger partial charge in [0.25, 0.3) is 0 Å². The Bertz CT molecular complexity index is 499. The normalized spacial score (nSPS) is 13.1. The van der Waals surface area contributed by atoms with Gasteiger partial charge in [0.05, 0.1) is 11.7 Å². The summed E-state index contributed by atoms with van der Waals surface area (Å²) in [6, 6.07) is 9.36. The van der Waals surface area contributed by atoms with Crippen molar-refractivity contribution in [3.63, 3.8) is 0 Å². The standard InChI is InChI=1S/C13H19NO4S/c1-11(13(15)16)7-9-14-19(17,18)10-8-12-5-3-2-4-6-12/h2-6,11,14H,7-10H2,1H3,(H,15,16). The Morgan fingerprint density at radius 3 is 2.53 bits per heavy atom. The summed E-state index contributed by atoms with van der Waals surface area (Å²) in [5.41, 5.74) is 0.965. The van der Waals surface area contributed by atoms with Gasteiger partial charge in [0, 0.05) is 6.54 Å². The van der Waals surface area contributed by atoms with Crippen LogP contribution in [0.3, 0.4) is 0 Å². The molecular formula is C13H19NO4S. The van der Waals surface area contributed by atoms with E-state index < -0.39 is 21.9 Å². The van der Waals surface area contributed by atoms with Crippen LogP contribution < -0.4 is 4.72 Å². The molecule has 2 N–H and O–H groups in total. The average molecular weight is 285 g/mol. The second-order valence-corrected chi connectivity index (χ2v) is 6.40. The van der Waals surface area contributed by atoms with Crippen LogP contribution in [0.25, 0.3) is 0 Å². The highest BCUT2D eigenvalue weighted by molar-refractivity contribution is 7.89. The highest BCUT2D eigenvalue weighted by Crippen LogP contribution is 2.03. The second kappa shape index (κ2) is 7.25. The molecule has 1 atom stereocenters. The van der Waals surface area contributed by atoms with Crippen molar-refractivity contribution in [3.05, 3.63) is 35.9 Å². The zero-order chi connectivity index (χ0) is 14.3. The zero-order valence-electron chi connectivity index (χ0n) is 10.9. The van der Waals surface area contributed by atoms with Crippen molar-refractivity contribution in [3.8, 4) is 0 Å². The first-order chi connectivity index (χ1) is 8.91. The Balaban J connectivity index is 2.34. The number of carboxylic acids is 1. The molecule has 106 valence electrons. The first-order valence-corrected chi connectivity index (χ1v) is 7.80. The molecule has 5 nitrogen and oxygen atoms in total. The molecule has 0 radical (unpaired) electrons. The quantitative estimate of drug-likeness (QED) is 0.753. The number of sulfonamides is 1. The summed E-state index contributed by atoms with van der Waals surface area (Å²) in [6.45, 7) is 1.71. The summed E-state index contributed by atoms with van der Waals surface area (Å²) in [5, 5.41) is 8.69. The number of benzene rings is 1. The molecule has 6 heteroatoms. The molecule has 19 heavy (non-hydrogen) atoms. The molecule has 0 saturated carbocycles. The SMILES string of the molecule is CC(CCNS(=O)(=O)CCc1ccccc1)C(=O)O. The smallest absolute Gasteiger partial charge is 0.306 e. The minimum atomic E-state index is -3.34. The van der Waals surface area contributed by atoms with Gasteiger partial charge in [-0.3, -0.25) is 4.79 Å². The second-order valence-electron chi connectivity index (χ2n) is 4.48. The van der Waals surface area contributed by atoms with Crippen molar-refractivity contribution in [1.29, 1.82) is 0 Å². The van der Waals surface area contributed by atoms with Crippen molar-refractivity contribution in [2.24, 2.45) is 5.92 Å².